The lowest BCUT2D eigenvalue weighted by molar-refractivity contribution is -0.147. The Morgan fingerprint density at radius 1 is 1.16 bits per heavy atom. The molecule has 0 radical (unpaired) electrons. The normalized spacial score (nSPS) is 13.9. The minimum Gasteiger partial charge on any atom is -0.465 e. The van der Waals surface area contributed by atoms with Crippen LogP contribution in [0.25, 0.3) is 0 Å². The predicted molar refractivity (Wildman–Crippen MR) is 100 cm³/mol. The van der Waals surface area contributed by atoms with E-state index in [0.29, 0.717) is 15.4 Å². The fourth-order valence-electron chi connectivity index (χ4n) is 2.53. The number of hydrogen-bond acceptors (Lipinski definition) is 3. The SMILES string of the molecule is C#CC(CC(=C)S(=O)c1ccccc1)(C(=O)OCC)c1ccccc1. The highest BCUT2D eigenvalue weighted by Gasteiger charge is 2.41. The van der Waals surface area contributed by atoms with Crippen molar-refractivity contribution < 1.29 is 13.7 Å². The van der Waals surface area contributed by atoms with Gasteiger partial charge in [-0.15, -0.1) is 6.42 Å². The molecule has 0 heterocycles. The van der Waals surface area contributed by atoms with E-state index in [1.807, 2.05) is 12.1 Å². The summed E-state index contributed by atoms with van der Waals surface area (Å²) in [6.07, 6.45) is 5.82. The summed E-state index contributed by atoms with van der Waals surface area (Å²) >= 11 is 0. The van der Waals surface area contributed by atoms with E-state index >= 15 is 0 Å². The average molecular weight is 352 g/mol. The van der Waals surface area contributed by atoms with Crippen molar-refractivity contribution in [3.05, 3.63) is 77.7 Å². The van der Waals surface area contributed by atoms with E-state index in [1.54, 1.807) is 55.5 Å². The number of carbonyl (C=O) groups excluding carboxylic acids is 1. The maximum Gasteiger partial charge on any atom is 0.329 e. The molecular weight excluding hydrogens is 332 g/mol. The van der Waals surface area contributed by atoms with Gasteiger partial charge in [0, 0.05) is 16.2 Å². The van der Waals surface area contributed by atoms with Crippen molar-refractivity contribution in [2.24, 2.45) is 0 Å². The third-order valence-electron chi connectivity index (χ3n) is 3.82. The molecule has 0 saturated carbocycles. The Morgan fingerprint density at radius 2 is 1.72 bits per heavy atom. The van der Waals surface area contributed by atoms with Crippen LogP contribution in [0.3, 0.4) is 0 Å². The van der Waals surface area contributed by atoms with Gasteiger partial charge in [-0.3, -0.25) is 4.79 Å². The molecule has 3 nitrogen and oxygen atoms in total. The monoisotopic (exact) mass is 352 g/mol. The van der Waals surface area contributed by atoms with Crippen LogP contribution in [0.15, 0.2) is 77.0 Å². The van der Waals surface area contributed by atoms with Crippen LogP contribution in [0.4, 0.5) is 0 Å². The highest BCUT2D eigenvalue weighted by Crippen LogP contribution is 2.34. The molecule has 0 spiro atoms. The zero-order valence-corrected chi connectivity index (χ0v) is 14.9. The van der Waals surface area contributed by atoms with Crippen LogP contribution >= 0.6 is 0 Å². The smallest absolute Gasteiger partial charge is 0.329 e. The summed E-state index contributed by atoms with van der Waals surface area (Å²) in [7, 11) is -1.47. The molecule has 0 N–H and O–H groups in total. The molecule has 0 amide bonds. The summed E-state index contributed by atoms with van der Waals surface area (Å²) in [6.45, 7) is 5.86. The number of allylic oxidation sites excluding steroid dienone is 1. The number of esters is 1. The number of carbonyl (C=O) groups is 1. The quantitative estimate of drug-likeness (QED) is 0.562. The van der Waals surface area contributed by atoms with Crippen molar-refractivity contribution >= 4 is 16.8 Å². The number of terminal acetylenes is 1. The van der Waals surface area contributed by atoms with Gasteiger partial charge in [0.1, 0.15) is 0 Å². The zero-order valence-electron chi connectivity index (χ0n) is 14.1. The standard InChI is InChI=1S/C21H20O3S/c1-4-21(20(22)24-5-2,18-12-8-6-9-13-18)16-17(3)25(23)19-14-10-7-11-15-19/h1,6-15H,3,5,16H2,2H3. The third-order valence-corrected chi connectivity index (χ3v) is 5.19. The first-order valence-corrected chi connectivity index (χ1v) is 9.05. The molecule has 0 aliphatic carbocycles. The van der Waals surface area contributed by atoms with Crippen molar-refractivity contribution in [3.63, 3.8) is 0 Å². The van der Waals surface area contributed by atoms with E-state index in [1.165, 1.54) is 0 Å². The maximum atomic E-state index is 12.7. The van der Waals surface area contributed by atoms with Crippen molar-refractivity contribution in [2.45, 2.75) is 23.7 Å². The number of benzene rings is 2. The van der Waals surface area contributed by atoms with Gasteiger partial charge in [0.05, 0.1) is 17.4 Å². The van der Waals surface area contributed by atoms with Crippen LogP contribution in [0.2, 0.25) is 0 Å². The van der Waals surface area contributed by atoms with Gasteiger partial charge >= 0.3 is 5.97 Å². The second-order valence-electron chi connectivity index (χ2n) is 5.43. The van der Waals surface area contributed by atoms with Crippen molar-refractivity contribution in [2.75, 3.05) is 6.61 Å². The molecular formula is C21H20O3S. The van der Waals surface area contributed by atoms with Crippen LogP contribution in [0.5, 0.6) is 0 Å². The molecule has 128 valence electrons. The fourth-order valence-corrected chi connectivity index (χ4v) is 3.62. The summed E-state index contributed by atoms with van der Waals surface area (Å²) < 4.78 is 18.0. The van der Waals surface area contributed by atoms with Crippen LogP contribution in [0.1, 0.15) is 18.9 Å². The lowest BCUT2D eigenvalue weighted by Gasteiger charge is -2.27. The Morgan fingerprint density at radius 3 is 2.24 bits per heavy atom. The molecule has 0 fully saturated rings. The van der Waals surface area contributed by atoms with Crippen LogP contribution in [-0.2, 0) is 25.7 Å². The summed E-state index contributed by atoms with van der Waals surface area (Å²) in [5, 5.41) is 0. The van der Waals surface area contributed by atoms with Gasteiger partial charge in [0.25, 0.3) is 0 Å². The number of rotatable bonds is 7. The van der Waals surface area contributed by atoms with Gasteiger partial charge < -0.3 is 4.74 Å². The minimum atomic E-state index is -1.47. The Kier molecular flexibility index (Phi) is 6.32. The lowest BCUT2D eigenvalue weighted by atomic mass is 9.78. The van der Waals surface area contributed by atoms with Gasteiger partial charge in [-0.1, -0.05) is 61.0 Å². The second-order valence-corrected chi connectivity index (χ2v) is 7.02. The first kappa shape index (κ1) is 18.7. The Hall–Kier alpha value is -2.64. The zero-order chi connectivity index (χ0) is 18.3. The molecule has 0 aromatic heterocycles. The predicted octanol–water partition coefficient (Wildman–Crippen LogP) is 3.83. The summed E-state index contributed by atoms with van der Waals surface area (Å²) in [5.74, 6) is 2.05. The lowest BCUT2D eigenvalue weighted by Crippen LogP contribution is -2.37. The third kappa shape index (κ3) is 4.07. The first-order valence-electron chi connectivity index (χ1n) is 7.90. The van der Waals surface area contributed by atoms with Gasteiger partial charge in [0.15, 0.2) is 5.41 Å². The largest absolute Gasteiger partial charge is 0.465 e. The van der Waals surface area contributed by atoms with Crippen LogP contribution < -0.4 is 0 Å². The molecule has 0 aliphatic heterocycles. The maximum absolute atomic E-state index is 12.7. The molecule has 2 aromatic carbocycles. The fraction of sp³-hybridized carbons (Fsp3) is 0.190. The molecule has 25 heavy (non-hydrogen) atoms. The van der Waals surface area contributed by atoms with Gasteiger partial charge in [0.2, 0.25) is 0 Å². The Labute approximate surface area is 151 Å². The van der Waals surface area contributed by atoms with Gasteiger partial charge in [-0.05, 0) is 24.6 Å². The molecule has 4 heteroatoms. The van der Waals surface area contributed by atoms with E-state index in [0.717, 1.165) is 0 Å². The van der Waals surface area contributed by atoms with E-state index < -0.39 is 22.2 Å². The Bertz CT molecular complexity index is 806. The highest BCUT2D eigenvalue weighted by molar-refractivity contribution is 7.89. The van der Waals surface area contributed by atoms with E-state index in [2.05, 4.69) is 12.5 Å². The topological polar surface area (TPSA) is 43.4 Å². The summed E-state index contributed by atoms with van der Waals surface area (Å²) in [4.78, 5) is 13.7. The van der Waals surface area contributed by atoms with E-state index in [9.17, 15) is 9.00 Å². The summed E-state index contributed by atoms with van der Waals surface area (Å²) in [5.41, 5.74) is -0.721. The van der Waals surface area contributed by atoms with Crippen molar-refractivity contribution in [1.82, 2.24) is 0 Å². The van der Waals surface area contributed by atoms with Crippen LogP contribution in [-0.4, -0.2) is 16.8 Å². The van der Waals surface area contributed by atoms with Crippen molar-refractivity contribution in [3.8, 4) is 12.3 Å². The molecule has 2 unspecified atom stereocenters. The highest BCUT2D eigenvalue weighted by atomic mass is 32.2. The number of hydrogen-bond donors (Lipinski definition) is 0. The van der Waals surface area contributed by atoms with E-state index in [-0.39, 0.29) is 13.0 Å². The minimum absolute atomic E-state index is 0.0495. The molecule has 2 atom stereocenters. The molecule has 2 aromatic rings. The van der Waals surface area contributed by atoms with E-state index in [4.69, 9.17) is 11.2 Å². The molecule has 0 aliphatic rings. The van der Waals surface area contributed by atoms with Gasteiger partial charge in [-0.2, -0.15) is 0 Å². The first-order chi connectivity index (χ1) is 12.0. The van der Waals surface area contributed by atoms with Crippen LogP contribution in [0, 0.1) is 12.3 Å². The summed E-state index contributed by atoms with van der Waals surface area (Å²) in [6, 6.07) is 18.0. The average Bonchev–Trinajstić information content (AvgIpc) is 2.67. The Balaban J connectivity index is 2.40. The number of ether oxygens (including phenoxy) is 1. The van der Waals surface area contributed by atoms with Crippen molar-refractivity contribution in [1.29, 1.82) is 0 Å². The second kappa shape index (κ2) is 8.46. The molecule has 0 bridgehead atoms. The molecule has 2 rings (SSSR count). The van der Waals surface area contributed by atoms with Gasteiger partial charge in [-0.25, -0.2) is 4.21 Å². The molecule has 0 saturated heterocycles.